The van der Waals surface area contributed by atoms with Crippen molar-refractivity contribution in [1.29, 1.82) is 0 Å². The molecule has 0 aromatic rings. The van der Waals surface area contributed by atoms with Gasteiger partial charge in [-0.05, 0) is 44.9 Å². The Morgan fingerprint density at radius 1 is 1.12 bits per heavy atom. The van der Waals surface area contributed by atoms with Crippen LogP contribution in [0.25, 0.3) is 0 Å². The molecule has 0 aromatic carbocycles. The summed E-state index contributed by atoms with van der Waals surface area (Å²) in [4.78, 5) is 0. The van der Waals surface area contributed by atoms with Gasteiger partial charge in [-0.15, -0.1) is 0 Å². The van der Waals surface area contributed by atoms with Gasteiger partial charge in [0, 0.05) is 38.9 Å². The zero-order chi connectivity index (χ0) is 17.2. The van der Waals surface area contributed by atoms with E-state index in [1.807, 2.05) is 13.8 Å². The first kappa shape index (κ1) is 18.6. The molecule has 0 amide bonds. The van der Waals surface area contributed by atoms with E-state index in [0.29, 0.717) is 31.1 Å². The van der Waals surface area contributed by atoms with Crippen LogP contribution in [-0.2, 0) is 19.5 Å². The molecule has 2 heterocycles. The third kappa shape index (κ3) is 4.12. The van der Waals surface area contributed by atoms with Crippen molar-refractivity contribution in [2.75, 3.05) is 38.6 Å². The lowest BCUT2D eigenvalue weighted by Gasteiger charge is -2.39. The fraction of sp³-hybridized carbons (Fsp3) is 1.00. The molecule has 1 aliphatic carbocycles. The molecule has 140 valence electrons. The van der Waals surface area contributed by atoms with E-state index in [9.17, 15) is 8.42 Å². The third-order valence-electron chi connectivity index (χ3n) is 5.93. The lowest BCUT2D eigenvalue weighted by molar-refractivity contribution is -0.0440. The highest BCUT2D eigenvalue weighted by atomic mass is 32.2. The van der Waals surface area contributed by atoms with E-state index >= 15 is 0 Å². The fourth-order valence-corrected chi connectivity index (χ4v) is 6.19. The number of sulfonamides is 1. The van der Waals surface area contributed by atoms with Gasteiger partial charge >= 0.3 is 0 Å². The van der Waals surface area contributed by atoms with Gasteiger partial charge in [0.1, 0.15) is 0 Å². The van der Waals surface area contributed by atoms with Crippen molar-refractivity contribution in [2.45, 2.75) is 64.2 Å². The van der Waals surface area contributed by atoms with E-state index in [1.54, 1.807) is 4.31 Å². The van der Waals surface area contributed by atoms with Gasteiger partial charge < -0.3 is 14.8 Å². The maximum absolute atomic E-state index is 12.6. The molecule has 1 saturated carbocycles. The number of hydrogen-bond acceptors (Lipinski definition) is 5. The summed E-state index contributed by atoms with van der Waals surface area (Å²) in [5.74, 6) is 0.176. The molecule has 3 atom stereocenters. The molecular weight excluding hydrogens is 328 g/mol. The minimum atomic E-state index is -3.22. The summed E-state index contributed by atoms with van der Waals surface area (Å²) in [5, 5.41) is 3.57. The SMILES string of the molecule is CC1CN(S(=O)(=O)CCNC2CCCC23CCOCC3)CC(C)O1. The molecule has 24 heavy (non-hydrogen) atoms. The summed E-state index contributed by atoms with van der Waals surface area (Å²) >= 11 is 0. The van der Waals surface area contributed by atoms with Crippen LogP contribution in [0.3, 0.4) is 0 Å². The summed E-state index contributed by atoms with van der Waals surface area (Å²) < 4.78 is 38.0. The number of hydrogen-bond donors (Lipinski definition) is 1. The molecule has 3 fully saturated rings. The van der Waals surface area contributed by atoms with Crippen molar-refractivity contribution in [3.8, 4) is 0 Å². The second kappa shape index (κ2) is 7.58. The van der Waals surface area contributed by atoms with Crippen molar-refractivity contribution in [1.82, 2.24) is 9.62 Å². The first-order valence-corrected chi connectivity index (χ1v) is 11.0. The highest BCUT2D eigenvalue weighted by molar-refractivity contribution is 7.89. The van der Waals surface area contributed by atoms with Crippen LogP contribution in [0, 0.1) is 5.41 Å². The molecule has 7 heteroatoms. The average molecular weight is 361 g/mol. The summed E-state index contributed by atoms with van der Waals surface area (Å²) in [7, 11) is -3.22. The van der Waals surface area contributed by atoms with Gasteiger partial charge in [-0.1, -0.05) is 6.42 Å². The van der Waals surface area contributed by atoms with Gasteiger partial charge in [-0.25, -0.2) is 8.42 Å². The second-order valence-electron chi connectivity index (χ2n) is 7.76. The van der Waals surface area contributed by atoms with Gasteiger partial charge in [0.05, 0.1) is 18.0 Å². The van der Waals surface area contributed by atoms with Crippen molar-refractivity contribution in [3.05, 3.63) is 0 Å². The molecule has 0 aromatic heterocycles. The Morgan fingerprint density at radius 2 is 1.79 bits per heavy atom. The quantitative estimate of drug-likeness (QED) is 0.802. The van der Waals surface area contributed by atoms with Crippen molar-refractivity contribution in [3.63, 3.8) is 0 Å². The second-order valence-corrected chi connectivity index (χ2v) is 9.85. The van der Waals surface area contributed by atoms with E-state index in [0.717, 1.165) is 32.5 Å². The zero-order valence-electron chi connectivity index (χ0n) is 15.0. The number of morpholine rings is 1. The Labute approximate surface area is 146 Å². The van der Waals surface area contributed by atoms with Crippen LogP contribution in [0.1, 0.15) is 46.0 Å². The molecule has 2 saturated heterocycles. The average Bonchev–Trinajstić information content (AvgIpc) is 2.89. The smallest absolute Gasteiger partial charge is 0.215 e. The maximum Gasteiger partial charge on any atom is 0.215 e. The lowest BCUT2D eigenvalue weighted by Crippen LogP contribution is -2.51. The Balaban J connectivity index is 1.51. The number of nitrogens with one attached hydrogen (secondary N) is 1. The molecule has 1 N–H and O–H groups in total. The van der Waals surface area contributed by atoms with Crippen molar-refractivity contribution in [2.24, 2.45) is 5.41 Å². The predicted molar refractivity (Wildman–Crippen MR) is 93.5 cm³/mol. The van der Waals surface area contributed by atoms with E-state index in [-0.39, 0.29) is 18.0 Å². The number of ether oxygens (including phenoxy) is 2. The van der Waals surface area contributed by atoms with Crippen molar-refractivity contribution >= 4 is 10.0 Å². The summed E-state index contributed by atoms with van der Waals surface area (Å²) in [6.07, 6.45) is 5.80. The van der Waals surface area contributed by atoms with Gasteiger partial charge in [0.15, 0.2) is 0 Å². The first-order valence-electron chi connectivity index (χ1n) is 9.36. The standard InChI is InChI=1S/C17H32N2O4S/c1-14-12-19(13-15(2)23-14)24(20,21)11-8-18-16-4-3-5-17(16)6-9-22-10-7-17/h14-16,18H,3-13H2,1-2H3. The molecule has 0 bridgehead atoms. The maximum atomic E-state index is 12.6. The van der Waals surface area contributed by atoms with Crippen LogP contribution < -0.4 is 5.32 Å². The van der Waals surface area contributed by atoms with Gasteiger partial charge in [0.25, 0.3) is 0 Å². The first-order chi connectivity index (χ1) is 11.4. The van der Waals surface area contributed by atoms with Crippen LogP contribution in [-0.4, -0.2) is 69.6 Å². The van der Waals surface area contributed by atoms with Crippen LogP contribution in [0.15, 0.2) is 0 Å². The Hall–Kier alpha value is -0.210. The molecule has 3 rings (SSSR count). The molecule has 3 aliphatic rings. The number of rotatable bonds is 5. The van der Waals surface area contributed by atoms with E-state index in [4.69, 9.17) is 9.47 Å². The van der Waals surface area contributed by atoms with Crippen molar-refractivity contribution < 1.29 is 17.9 Å². The van der Waals surface area contributed by atoms with Crippen LogP contribution in [0.2, 0.25) is 0 Å². The van der Waals surface area contributed by atoms with Crippen LogP contribution in [0.4, 0.5) is 0 Å². The molecule has 1 spiro atoms. The van der Waals surface area contributed by atoms with Crippen LogP contribution in [0.5, 0.6) is 0 Å². The largest absolute Gasteiger partial charge is 0.381 e. The Kier molecular flexibility index (Phi) is 5.87. The minimum absolute atomic E-state index is 0.0307. The highest BCUT2D eigenvalue weighted by Crippen LogP contribution is 2.45. The summed E-state index contributed by atoms with van der Waals surface area (Å²) in [6, 6.07) is 0.444. The topological polar surface area (TPSA) is 67.9 Å². The summed E-state index contributed by atoms with van der Waals surface area (Å²) in [6.45, 7) is 7.04. The predicted octanol–water partition coefficient (Wildman–Crippen LogP) is 1.36. The van der Waals surface area contributed by atoms with E-state index in [2.05, 4.69) is 5.32 Å². The zero-order valence-corrected chi connectivity index (χ0v) is 15.8. The summed E-state index contributed by atoms with van der Waals surface area (Å²) in [5.41, 5.74) is 0.337. The monoisotopic (exact) mass is 360 g/mol. The van der Waals surface area contributed by atoms with E-state index < -0.39 is 10.0 Å². The van der Waals surface area contributed by atoms with Gasteiger partial charge in [-0.3, -0.25) is 0 Å². The third-order valence-corrected chi connectivity index (χ3v) is 7.73. The minimum Gasteiger partial charge on any atom is -0.381 e. The van der Waals surface area contributed by atoms with Gasteiger partial charge in [0.2, 0.25) is 10.0 Å². The van der Waals surface area contributed by atoms with E-state index in [1.165, 1.54) is 12.8 Å². The van der Waals surface area contributed by atoms with Gasteiger partial charge in [-0.2, -0.15) is 4.31 Å². The Morgan fingerprint density at radius 3 is 2.46 bits per heavy atom. The fourth-order valence-electron chi connectivity index (χ4n) is 4.68. The molecule has 0 radical (unpaired) electrons. The highest BCUT2D eigenvalue weighted by Gasteiger charge is 2.43. The lowest BCUT2D eigenvalue weighted by atomic mass is 9.75. The molecule has 2 aliphatic heterocycles. The molecule has 3 unspecified atom stereocenters. The molecule has 6 nitrogen and oxygen atoms in total. The molecular formula is C17H32N2O4S. The number of nitrogens with zero attached hydrogens (tertiary/aromatic N) is 1. The van der Waals surface area contributed by atoms with Crippen LogP contribution >= 0.6 is 0 Å². The normalized spacial score (nSPS) is 34.7. The Bertz CT molecular complexity index is 509.